The first-order chi connectivity index (χ1) is 10.1. The summed E-state index contributed by atoms with van der Waals surface area (Å²) in [6.07, 6.45) is 3.33. The second-order valence-corrected chi connectivity index (χ2v) is 8.35. The maximum Gasteiger partial charge on any atom is 0.240 e. The third kappa shape index (κ3) is 5.20. The van der Waals surface area contributed by atoms with Crippen LogP contribution in [0.3, 0.4) is 0 Å². The van der Waals surface area contributed by atoms with Crippen molar-refractivity contribution in [2.45, 2.75) is 31.1 Å². The van der Waals surface area contributed by atoms with Crippen LogP contribution < -0.4 is 10.0 Å². The molecular weight excluding hydrogens is 304 g/mol. The Morgan fingerprint density at radius 2 is 1.86 bits per heavy atom. The highest BCUT2D eigenvalue weighted by molar-refractivity contribution is 7.99. The summed E-state index contributed by atoms with van der Waals surface area (Å²) in [6, 6.07) is 7.02. The van der Waals surface area contributed by atoms with Gasteiger partial charge >= 0.3 is 0 Å². The van der Waals surface area contributed by atoms with Crippen LogP contribution in [0, 0.1) is 5.92 Å². The summed E-state index contributed by atoms with van der Waals surface area (Å²) >= 11 is 2.03. The Morgan fingerprint density at radius 3 is 2.48 bits per heavy atom. The zero-order chi connectivity index (χ0) is 15.1. The largest absolute Gasteiger partial charge is 0.385 e. The van der Waals surface area contributed by atoms with Gasteiger partial charge in [0.05, 0.1) is 4.90 Å². The van der Waals surface area contributed by atoms with E-state index >= 15 is 0 Å². The smallest absolute Gasteiger partial charge is 0.240 e. The Hall–Kier alpha value is -0.720. The molecule has 118 valence electrons. The molecular formula is C15H24N2O2S2. The topological polar surface area (TPSA) is 58.2 Å². The third-order valence-corrected chi connectivity index (χ3v) is 6.17. The van der Waals surface area contributed by atoms with Gasteiger partial charge in [-0.1, -0.05) is 6.92 Å². The van der Waals surface area contributed by atoms with E-state index in [4.69, 9.17) is 0 Å². The molecule has 2 N–H and O–H groups in total. The minimum Gasteiger partial charge on any atom is -0.385 e. The number of hydrogen-bond acceptors (Lipinski definition) is 4. The van der Waals surface area contributed by atoms with Gasteiger partial charge in [0.25, 0.3) is 0 Å². The molecule has 0 radical (unpaired) electrons. The molecule has 1 saturated heterocycles. The molecule has 1 aliphatic rings. The lowest BCUT2D eigenvalue weighted by atomic mass is 10.0. The monoisotopic (exact) mass is 328 g/mol. The fourth-order valence-electron chi connectivity index (χ4n) is 2.28. The lowest BCUT2D eigenvalue weighted by Crippen LogP contribution is -2.24. The average Bonchev–Trinajstić information content (AvgIpc) is 2.52. The van der Waals surface area contributed by atoms with E-state index in [2.05, 4.69) is 10.0 Å². The Kier molecular flexibility index (Phi) is 6.39. The van der Waals surface area contributed by atoms with E-state index in [-0.39, 0.29) is 0 Å². The van der Waals surface area contributed by atoms with E-state index in [0.29, 0.717) is 11.4 Å². The van der Waals surface area contributed by atoms with Crippen LogP contribution in [0.4, 0.5) is 5.69 Å². The quantitative estimate of drug-likeness (QED) is 0.808. The summed E-state index contributed by atoms with van der Waals surface area (Å²) in [5.41, 5.74) is 0.989. The van der Waals surface area contributed by atoms with Crippen LogP contribution in [-0.2, 0) is 10.0 Å². The Bertz CT molecular complexity index is 523. The van der Waals surface area contributed by atoms with E-state index < -0.39 is 10.0 Å². The van der Waals surface area contributed by atoms with Gasteiger partial charge < -0.3 is 5.32 Å². The molecule has 1 aromatic carbocycles. The molecule has 0 aromatic heterocycles. The standard InChI is InChI=1S/C15H24N2O2S2/c1-2-9-17-21(18,19)15-5-3-14(4-6-15)16-12-13-7-10-20-11-8-13/h3-6,13,16-17H,2,7-12H2,1H3. The van der Waals surface area contributed by atoms with Crippen molar-refractivity contribution < 1.29 is 8.42 Å². The maximum absolute atomic E-state index is 12.0. The number of benzene rings is 1. The molecule has 0 amide bonds. The summed E-state index contributed by atoms with van der Waals surface area (Å²) in [7, 11) is -3.36. The SMILES string of the molecule is CCCNS(=O)(=O)c1ccc(NCC2CCSCC2)cc1. The fourth-order valence-corrected chi connectivity index (χ4v) is 4.62. The van der Waals surface area contributed by atoms with Gasteiger partial charge in [0.1, 0.15) is 0 Å². The van der Waals surface area contributed by atoms with Gasteiger partial charge in [-0.2, -0.15) is 11.8 Å². The van der Waals surface area contributed by atoms with Crippen molar-refractivity contribution in [2.75, 3.05) is 29.9 Å². The highest BCUT2D eigenvalue weighted by atomic mass is 32.2. The average molecular weight is 329 g/mol. The van der Waals surface area contributed by atoms with Crippen molar-refractivity contribution in [1.82, 2.24) is 4.72 Å². The van der Waals surface area contributed by atoms with E-state index in [0.717, 1.165) is 24.6 Å². The number of thioether (sulfide) groups is 1. The van der Waals surface area contributed by atoms with Crippen molar-refractivity contribution in [3.05, 3.63) is 24.3 Å². The van der Waals surface area contributed by atoms with Crippen LogP contribution in [0.15, 0.2) is 29.2 Å². The molecule has 0 atom stereocenters. The molecule has 0 saturated carbocycles. The predicted molar refractivity (Wildman–Crippen MR) is 90.5 cm³/mol. The van der Waals surface area contributed by atoms with Gasteiger partial charge in [0, 0.05) is 18.8 Å². The van der Waals surface area contributed by atoms with Gasteiger partial charge in [0.15, 0.2) is 0 Å². The molecule has 0 aliphatic carbocycles. The molecule has 1 fully saturated rings. The summed E-state index contributed by atoms with van der Waals surface area (Å²) in [5, 5.41) is 3.41. The van der Waals surface area contributed by atoms with Crippen LogP contribution in [0.25, 0.3) is 0 Å². The maximum atomic E-state index is 12.0. The van der Waals surface area contributed by atoms with E-state index in [9.17, 15) is 8.42 Å². The zero-order valence-corrected chi connectivity index (χ0v) is 14.1. The number of nitrogens with one attached hydrogen (secondary N) is 2. The summed E-state index contributed by atoms with van der Waals surface area (Å²) in [5.74, 6) is 3.25. The number of anilines is 1. The predicted octanol–water partition coefficient (Wildman–Crippen LogP) is 2.93. The second kappa shape index (κ2) is 8.06. The summed E-state index contributed by atoms with van der Waals surface area (Å²) < 4.78 is 26.5. The Morgan fingerprint density at radius 1 is 1.19 bits per heavy atom. The zero-order valence-electron chi connectivity index (χ0n) is 12.5. The van der Waals surface area contributed by atoms with E-state index in [1.165, 1.54) is 24.3 Å². The first-order valence-electron chi connectivity index (χ1n) is 7.53. The van der Waals surface area contributed by atoms with Crippen LogP contribution in [0.1, 0.15) is 26.2 Å². The second-order valence-electron chi connectivity index (χ2n) is 5.36. The van der Waals surface area contributed by atoms with Crippen LogP contribution in [-0.4, -0.2) is 33.0 Å². The normalized spacial score (nSPS) is 16.8. The first kappa shape index (κ1) is 16.6. The van der Waals surface area contributed by atoms with Crippen molar-refractivity contribution in [1.29, 1.82) is 0 Å². The minimum atomic E-state index is -3.36. The van der Waals surface area contributed by atoms with Crippen molar-refractivity contribution in [2.24, 2.45) is 5.92 Å². The molecule has 1 aromatic rings. The van der Waals surface area contributed by atoms with Gasteiger partial charge in [-0.25, -0.2) is 13.1 Å². The van der Waals surface area contributed by atoms with Crippen LogP contribution in [0.2, 0.25) is 0 Å². The molecule has 6 heteroatoms. The Labute approximate surface area is 132 Å². The van der Waals surface area contributed by atoms with Gasteiger partial charge in [-0.05, 0) is 61.0 Å². The molecule has 0 unspecified atom stereocenters. The Balaban J connectivity index is 1.89. The van der Waals surface area contributed by atoms with Crippen molar-refractivity contribution in [3.63, 3.8) is 0 Å². The number of hydrogen-bond donors (Lipinski definition) is 2. The first-order valence-corrected chi connectivity index (χ1v) is 10.2. The summed E-state index contributed by atoms with van der Waals surface area (Å²) in [4.78, 5) is 0.329. The van der Waals surface area contributed by atoms with E-state index in [1.807, 2.05) is 30.8 Å². The van der Waals surface area contributed by atoms with Gasteiger partial charge in [-0.3, -0.25) is 0 Å². The molecule has 0 bridgehead atoms. The molecule has 2 rings (SSSR count). The van der Waals surface area contributed by atoms with Gasteiger partial charge in [0.2, 0.25) is 10.0 Å². The minimum absolute atomic E-state index is 0.329. The van der Waals surface area contributed by atoms with Crippen LogP contribution in [0.5, 0.6) is 0 Å². The lowest BCUT2D eigenvalue weighted by molar-refractivity contribution is 0.516. The number of rotatable bonds is 7. The van der Waals surface area contributed by atoms with E-state index in [1.54, 1.807) is 12.1 Å². The van der Waals surface area contributed by atoms with Crippen LogP contribution >= 0.6 is 11.8 Å². The lowest BCUT2D eigenvalue weighted by Gasteiger charge is -2.22. The molecule has 1 heterocycles. The van der Waals surface area contributed by atoms with Crippen molar-refractivity contribution >= 4 is 27.5 Å². The molecule has 21 heavy (non-hydrogen) atoms. The molecule has 0 spiro atoms. The molecule has 4 nitrogen and oxygen atoms in total. The number of sulfonamides is 1. The highest BCUT2D eigenvalue weighted by Gasteiger charge is 2.14. The van der Waals surface area contributed by atoms with Gasteiger partial charge in [-0.15, -0.1) is 0 Å². The fraction of sp³-hybridized carbons (Fsp3) is 0.600. The molecule has 1 aliphatic heterocycles. The summed E-state index contributed by atoms with van der Waals surface area (Å²) in [6.45, 7) is 3.39. The van der Waals surface area contributed by atoms with Crippen molar-refractivity contribution in [3.8, 4) is 0 Å². The highest BCUT2D eigenvalue weighted by Crippen LogP contribution is 2.23. The third-order valence-electron chi connectivity index (χ3n) is 3.64.